The molecule has 0 spiro atoms. The fraction of sp³-hybridized carbons (Fsp3) is 0.148. The van der Waals surface area contributed by atoms with Crippen molar-refractivity contribution in [2.45, 2.75) is 64.1 Å². The minimum Gasteiger partial charge on any atom is -0.403 e. The van der Waals surface area contributed by atoms with Crippen molar-refractivity contribution in [1.29, 1.82) is 0 Å². The summed E-state index contributed by atoms with van der Waals surface area (Å²) in [6.07, 6.45) is -2.85. The second-order valence-corrected chi connectivity index (χ2v) is 20.1. The topological polar surface area (TPSA) is 204 Å². The van der Waals surface area contributed by atoms with E-state index >= 15 is 0 Å². The minimum atomic E-state index is -4.50. The van der Waals surface area contributed by atoms with Crippen LogP contribution in [0.1, 0.15) is 62.5 Å². The van der Waals surface area contributed by atoms with E-state index in [-0.39, 0.29) is 141 Å². The van der Waals surface area contributed by atoms with Crippen molar-refractivity contribution in [2.24, 2.45) is 0 Å². The fourth-order valence-electron chi connectivity index (χ4n) is 6.59. The van der Waals surface area contributed by atoms with Gasteiger partial charge in [-0.2, -0.15) is 59.1 Å². The van der Waals surface area contributed by atoms with Gasteiger partial charge in [0.2, 0.25) is 17.7 Å². The van der Waals surface area contributed by atoms with Gasteiger partial charge in [0.1, 0.15) is 0 Å². The molecule has 6 aromatic carbocycles. The number of hydrogen-bond acceptors (Lipinski definition) is 15. The van der Waals surface area contributed by atoms with E-state index in [9.17, 15) is 67.1 Å². The van der Waals surface area contributed by atoms with Gasteiger partial charge in [-0.05, 0) is 151 Å². The molecule has 9 rings (SSSR count). The standard InChI is InChI=1S/C19H15F3N3O2S.C17H9F6N3O2S.C16H9ClF3N3O2S.C2H6.Y/c1-2-4-12-7-9-13(10-8-12)17-24-25-18(27-17)23-16(26)14-5-3-6-15(11-14)28-19(20,21)22;18-16(19,20)11-6-4-9(5-7-11)14-25-26-15(28-14)24-13(27)10-2-1-3-12(8-10)29-17(21,22)23;17-11-6-4-9(5-7-11)14-22-23-15(25-14)21-13(24)10-2-1-3-12(8-10)26-16(18,19)20;1-2;/h3,5-11H,1-2,4H2,(H,23,25,26);1-8H,(H,24,26,27);1-8H,(H,21,23,24);1-2H3;/q-1;;;;. The maximum atomic E-state index is 12.6. The normalized spacial score (nSPS) is 11.3. The zero-order valence-electron chi connectivity index (χ0n) is 43.8. The number of alkyl halides is 12. The van der Waals surface area contributed by atoms with E-state index in [1.54, 1.807) is 24.3 Å². The van der Waals surface area contributed by atoms with Gasteiger partial charge in [0.15, 0.2) is 0 Å². The van der Waals surface area contributed by atoms with Gasteiger partial charge < -0.3 is 20.2 Å². The van der Waals surface area contributed by atoms with Crippen LogP contribution >= 0.6 is 46.9 Å². The number of hydrogen-bond donors (Lipinski definition) is 3. The first-order valence-corrected chi connectivity index (χ1v) is 26.8. The van der Waals surface area contributed by atoms with Crippen LogP contribution in [0.5, 0.6) is 0 Å². The number of nitrogens with one attached hydrogen (secondary N) is 3. The number of aromatic nitrogens is 6. The van der Waals surface area contributed by atoms with E-state index in [1.165, 1.54) is 54.6 Å². The molecule has 449 valence electrons. The zero-order valence-corrected chi connectivity index (χ0v) is 49.9. The first-order chi connectivity index (χ1) is 40.1. The summed E-state index contributed by atoms with van der Waals surface area (Å²) in [5.74, 6) is -1.87. The summed E-state index contributed by atoms with van der Waals surface area (Å²) >= 11 is 4.84. The molecular formula is C54H39ClF12N9O6S3Y-. The van der Waals surface area contributed by atoms with E-state index in [0.29, 0.717) is 16.1 Å². The van der Waals surface area contributed by atoms with Gasteiger partial charge in [-0.3, -0.25) is 30.3 Å². The van der Waals surface area contributed by atoms with Crippen LogP contribution in [0.15, 0.2) is 174 Å². The molecule has 3 N–H and O–H groups in total. The van der Waals surface area contributed by atoms with Gasteiger partial charge in [0.05, 0.1) is 5.56 Å². The molecule has 0 aliphatic rings. The Morgan fingerprint density at radius 1 is 0.465 bits per heavy atom. The van der Waals surface area contributed by atoms with Crippen molar-refractivity contribution in [1.82, 2.24) is 30.6 Å². The van der Waals surface area contributed by atoms with Crippen LogP contribution in [0.4, 0.5) is 70.7 Å². The second kappa shape index (κ2) is 31.4. The summed E-state index contributed by atoms with van der Waals surface area (Å²) < 4.78 is 166. The van der Waals surface area contributed by atoms with Crippen LogP contribution in [0.3, 0.4) is 0 Å². The van der Waals surface area contributed by atoms with Gasteiger partial charge >= 0.3 is 40.7 Å². The van der Waals surface area contributed by atoms with E-state index < -0.39 is 46.0 Å². The molecule has 15 nitrogen and oxygen atoms in total. The Labute approximate surface area is 522 Å². The molecule has 86 heavy (non-hydrogen) atoms. The minimum absolute atomic E-state index is 0. The molecule has 0 bridgehead atoms. The maximum Gasteiger partial charge on any atom is 0.446 e. The van der Waals surface area contributed by atoms with Crippen LogP contribution in [0, 0.1) is 6.92 Å². The Kier molecular flexibility index (Phi) is 25.4. The quantitative estimate of drug-likeness (QED) is 0.0526. The van der Waals surface area contributed by atoms with E-state index in [1.807, 2.05) is 38.1 Å². The van der Waals surface area contributed by atoms with Gasteiger partial charge in [-0.25, -0.2) is 0 Å². The van der Waals surface area contributed by atoms with Gasteiger partial charge in [0, 0.05) is 85.8 Å². The monoisotopic (exact) mass is 1360 g/mol. The number of carbonyl (C=O) groups excluding carboxylic acids is 3. The molecule has 0 aliphatic carbocycles. The molecule has 3 amide bonds. The summed E-state index contributed by atoms with van der Waals surface area (Å²) in [6.45, 7) is 7.80. The van der Waals surface area contributed by atoms with Gasteiger partial charge in [-0.1, -0.05) is 83.1 Å². The summed E-state index contributed by atoms with van der Waals surface area (Å²) in [7, 11) is 0. The first kappa shape index (κ1) is 69.5. The molecule has 0 unspecified atom stereocenters. The van der Waals surface area contributed by atoms with Crippen LogP contribution in [-0.2, 0) is 45.3 Å². The molecule has 0 saturated carbocycles. The molecule has 3 aromatic heterocycles. The third-order valence-corrected chi connectivity index (χ3v) is 12.6. The molecule has 0 atom stereocenters. The van der Waals surface area contributed by atoms with Crippen LogP contribution in [0.25, 0.3) is 34.4 Å². The number of anilines is 3. The summed E-state index contributed by atoms with van der Waals surface area (Å²) in [4.78, 5) is 36.2. The number of carbonyl (C=O) groups is 3. The van der Waals surface area contributed by atoms with Crippen LogP contribution in [0.2, 0.25) is 5.02 Å². The number of benzene rings is 6. The van der Waals surface area contributed by atoms with Gasteiger partial charge in [0.25, 0.3) is 17.7 Å². The number of halogens is 13. The van der Waals surface area contributed by atoms with Crippen molar-refractivity contribution in [2.75, 3.05) is 16.0 Å². The van der Waals surface area contributed by atoms with Crippen molar-refractivity contribution in [3.63, 3.8) is 0 Å². The largest absolute Gasteiger partial charge is 0.446 e. The molecule has 0 fully saturated rings. The zero-order chi connectivity index (χ0) is 62.1. The molecular weight excluding hydrogens is 1320 g/mol. The number of thioether (sulfide) groups is 3. The maximum absolute atomic E-state index is 12.6. The number of aryl methyl sites for hydroxylation is 1. The third kappa shape index (κ3) is 22.6. The van der Waals surface area contributed by atoms with E-state index in [0.717, 1.165) is 60.9 Å². The fourth-order valence-corrected chi connectivity index (χ4v) is 8.52. The Morgan fingerprint density at radius 2 is 0.767 bits per heavy atom. The Bertz CT molecular complexity index is 3670. The Balaban J connectivity index is 0.000000231. The Morgan fingerprint density at radius 3 is 1.06 bits per heavy atom. The summed E-state index contributed by atoms with van der Waals surface area (Å²) in [5, 5.41) is 29.8. The number of amides is 3. The summed E-state index contributed by atoms with van der Waals surface area (Å²) in [6, 6.07) is 32.5. The Hall–Kier alpha value is -7.25. The average molecular weight is 1360 g/mol. The van der Waals surface area contributed by atoms with Crippen molar-refractivity contribution in [3.05, 3.63) is 185 Å². The molecule has 9 aromatic rings. The van der Waals surface area contributed by atoms with Crippen LogP contribution in [-0.4, -0.2) is 64.8 Å². The van der Waals surface area contributed by atoms with Crippen molar-refractivity contribution >= 4 is 82.7 Å². The first-order valence-electron chi connectivity index (χ1n) is 24.0. The predicted molar refractivity (Wildman–Crippen MR) is 293 cm³/mol. The van der Waals surface area contributed by atoms with Crippen LogP contribution < -0.4 is 16.0 Å². The van der Waals surface area contributed by atoms with E-state index in [2.05, 4.69) is 53.5 Å². The number of rotatable bonds is 14. The van der Waals surface area contributed by atoms with E-state index in [4.69, 9.17) is 24.9 Å². The second-order valence-electron chi connectivity index (χ2n) is 16.2. The molecule has 0 aliphatic heterocycles. The molecule has 0 saturated heterocycles. The SMILES string of the molecule is CC.O=C(Nc1nnc(-c2ccc(C(F)(F)F)cc2)o1)c1cccc(SC(F)(F)F)c1.O=C(Nc1nnc(-c2ccc(Cl)cc2)o1)c1cccc(SC(F)(F)F)c1.[CH2-]CCc1ccc(-c2nnc(NC(=O)c3cccc(SC(F)(F)F)c3)o2)cc1.[Y]. The average Bonchev–Trinajstić information content (AvgIpc) is 4.43. The van der Waals surface area contributed by atoms with Crippen molar-refractivity contribution < 1.29 is 113 Å². The smallest absolute Gasteiger partial charge is 0.403 e. The molecule has 32 heteroatoms. The van der Waals surface area contributed by atoms with Gasteiger partial charge in [-0.15, -0.1) is 15.3 Å². The molecule has 1 radical (unpaired) electrons. The molecule has 3 heterocycles. The van der Waals surface area contributed by atoms with Crippen molar-refractivity contribution in [3.8, 4) is 34.4 Å². The third-order valence-electron chi connectivity index (χ3n) is 10.1. The number of nitrogens with zero attached hydrogens (tertiary/aromatic N) is 6. The predicted octanol–water partition coefficient (Wildman–Crippen LogP) is 17.3. The summed E-state index contributed by atoms with van der Waals surface area (Å²) in [5.41, 5.74) is -11.6.